The van der Waals surface area contributed by atoms with Crippen LogP contribution >= 0.6 is 0 Å². The summed E-state index contributed by atoms with van der Waals surface area (Å²) >= 11 is 0. The normalized spacial score (nSPS) is 9.81. The monoisotopic (exact) mass is 216 g/mol. The van der Waals surface area contributed by atoms with Crippen molar-refractivity contribution >= 4 is 6.29 Å². The van der Waals surface area contributed by atoms with Crippen molar-refractivity contribution in [3.05, 3.63) is 59.9 Å². The Labute approximate surface area is 92.3 Å². The minimum Gasteiger partial charge on any atom is -0.457 e. The summed E-state index contributed by atoms with van der Waals surface area (Å²) < 4.78 is 18.3. The van der Waals surface area contributed by atoms with Crippen LogP contribution in [-0.2, 0) is 0 Å². The molecule has 2 rings (SSSR count). The Morgan fingerprint density at radius 3 is 2.50 bits per heavy atom. The molecule has 2 nitrogen and oxygen atoms in total. The first-order valence-electron chi connectivity index (χ1n) is 4.77. The largest absolute Gasteiger partial charge is 0.457 e. The number of carbonyl (C=O) groups excluding carboxylic acids is 1. The molecule has 0 amide bonds. The topological polar surface area (TPSA) is 26.3 Å². The van der Waals surface area contributed by atoms with Crippen molar-refractivity contribution < 1.29 is 13.9 Å². The molecule has 0 heterocycles. The van der Waals surface area contributed by atoms with E-state index >= 15 is 0 Å². The van der Waals surface area contributed by atoms with Crippen molar-refractivity contribution in [1.29, 1.82) is 0 Å². The smallest absolute Gasteiger partial charge is 0.153 e. The fourth-order valence-corrected chi connectivity index (χ4v) is 1.32. The van der Waals surface area contributed by atoms with Crippen LogP contribution in [0.15, 0.2) is 48.5 Å². The third kappa shape index (κ3) is 2.25. The molecule has 0 aliphatic heterocycles. The van der Waals surface area contributed by atoms with Crippen molar-refractivity contribution in [3.63, 3.8) is 0 Å². The van der Waals surface area contributed by atoms with Gasteiger partial charge in [0.1, 0.15) is 17.3 Å². The zero-order valence-corrected chi connectivity index (χ0v) is 8.39. The predicted molar refractivity (Wildman–Crippen MR) is 58.3 cm³/mol. The number of rotatable bonds is 3. The molecule has 0 N–H and O–H groups in total. The van der Waals surface area contributed by atoms with E-state index in [1.807, 2.05) is 18.2 Å². The van der Waals surface area contributed by atoms with Gasteiger partial charge in [-0.3, -0.25) is 4.79 Å². The summed E-state index contributed by atoms with van der Waals surface area (Å²) in [5.41, 5.74) is 0.198. The Bertz CT molecular complexity index is 495. The summed E-state index contributed by atoms with van der Waals surface area (Å²) in [6.45, 7) is 0. The molecule has 0 saturated carbocycles. The van der Waals surface area contributed by atoms with E-state index in [9.17, 15) is 9.18 Å². The van der Waals surface area contributed by atoms with E-state index in [1.165, 1.54) is 12.1 Å². The van der Waals surface area contributed by atoms with Crippen LogP contribution in [0.1, 0.15) is 10.4 Å². The quantitative estimate of drug-likeness (QED) is 0.734. The lowest BCUT2D eigenvalue weighted by molar-refractivity contribution is 0.112. The van der Waals surface area contributed by atoms with E-state index < -0.39 is 5.82 Å². The van der Waals surface area contributed by atoms with Crippen LogP contribution in [0, 0.1) is 5.82 Å². The van der Waals surface area contributed by atoms with Gasteiger partial charge < -0.3 is 4.74 Å². The first-order valence-corrected chi connectivity index (χ1v) is 4.77. The van der Waals surface area contributed by atoms with Gasteiger partial charge in [-0.05, 0) is 30.3 Å². The highest BCUT2D eigenvalue weighted by molar-refractivity contribution is 5.79. The third-order valence-corrected chi connectivity index (χ3v) is 2.07. The van der Waals surface area contributed by atoms with Crippen LogP contribution in [0.2, 0.25) is 0 Å². The average Bonchev–Trinajstić information content (AvgIpc) is 2.33. The highest BCUT2D eigenvalue weighted by Crippen LogP contribution is 2.24. The van der Waals surface area contributed by atoms with E-state index in [2.05, 4.69) is 0 Å². The lowest BCUT2D eigenvalue weighted by Crippen LogP contribution is -1.91. The minimum atomic E-state index is -0.456. The molecule has 0 unspecified atom stereocenters. The Balaban J connectivity index is 2.31. The van der Waals surface area contributed by atoms with E-state index in [0.29, 0.717) is 17.8 Å². The molecule has 0 atom stereocenters. The lowest BCUT2D eigenvalue weighted by atomic mass is 10.2. The maximum atomic E-state index is 12.9. The van der Waals surface area contributed by atoms with Crippen LogP contribution in [0.3, 0.4) is 0 Å². The van der Waals surface area contributed by atoms with Crippen LogP contribution in [0.5, 0.6) is 11.5 Å². The average molecular weight is 216 g/mol. The van der Waals surface area contributed by atoms with Crippen LogP contribution in [-0.4, -0.2) is 6.29 Å². The highest BCUT2D eigenvalue weighted by Gasteiger charge is 2.05. The molecule has 16 heavy (non-hydrogen) atoms. The molecule has 0 fully saturated rings. The molecule has 0 bridgehead atoms. The van der Waals surface area contributed by atoms with Crippen LogP contribution < -0.4 is 4.74 Å². The van der Waals surface area contributed by atoms with Crippen LogP contribution in [0.25, 0.3) is 0 Å². The van der Waals surface area contributed by atoms with Gasteiger partial charge >= 0.3 is 0 Å². The molecule has 80 valence electrons. The van der Waals surface area contributed by atoms with Gasteiger partial charge in [0.25, 0.3) is 0 Å². The van der Waals surface area contributed by atoms with E-state index in [1.54, 1.807) is 12.1 Å². The van der Waals surface area contributed by atoms with Crippen molar-refractivity contribution in [2.45, 2.75) is 0 Å². The maximum Gasteiger partial charge on any atom is 0.153 e. The summed E-state index contributed by atoms with van der Waals surface area (Å²) in [6.07, 6.45) is 0.571. The van der Waals surface area contributed by atoms with E-state index in [4.69, 9.17) is 4.74 Å². The first-order chi connectivity index (χ1) is 7.79. The van der Waals surface area contributed by atoms with Crippen molar-refractivity contribution in [3.8, 4) is 11.5 Å². The summed E-state index contributed by atoms with van der Waals surface area (Å²) in [4.78, 5) is 10.7. The van der Waals surface area contributed by atoms with Crippen LogP contribution in [0.4, 0.5) is 4.39 Å². The van der Waals surface area contributed by atoms with Crippen molar-refractivity contribution in [1.82, 2.24) is 0 Å². The molecule has 3 heteroatoms. The lowest BCUT2D eigenvalue weighted by Gasteiger charge is -2.07. The Kier molecular flexibility index (Phi) is 2.96. The molecule has 0 saturated heterocycles. The molecule has 0 aromatic heterocycles. The second-order valence-corrected chi connectivity index (χ2v) is 3.22. The van der Waals surface area contributed by atoms with Gasteiger partial charge in [0.05, 0.1) is 5.56 Å². The Morgan fingerprint density at radius 2 is 1.81 bits per heavy atom. The number of hydrogen-bond acceptors (Lipinski definition) is 2. The molecular weight excluding hydrogens is 207 g/mol. The number of halogens is 1. The van der Waals surface area contributed by atoms with Gasteiger partial charge in [-0.15, -0.1) is 0 Å². The molecule has 0 aliphatic rings. The van der Waals surface area contributed by atoms with Gasteiger partial charge in [0.15, 0.2) is 6.29 Å². The fourth-order valence-electron chi connectivity index (χ4n) is 1.32. The van der Waals surface area contributed by atoms with Crippen molar-refractivity contribution in [2.75, 3.05) is 0 Å². The Morgan fingerprint density at radius 1 is 1.06 bits per heavy atom. The number of para-hydroxylation sites is 1. The van der Waals surface area contributed by atoms with Gasteiger partial charge in [-0.2, -0.15) is 0 Å². The van der Waals surface area contributed by atoms with Crippen molar-refractivity contribution in [2.24, 2.45) is 0 Å². The second kappa shape index (κ2) is 4.57. The number of carbonyl (C=O) groups is 1. The number of benzene rings is 2. The number of aldehydes is 1. The number of hydrogen-bond donors (Lipinski definition) is 0. The Hall–Kier alpha value is -2.16. The fraction of sp³-hybridized carbons (Fsp3) is 0. The summed E-state index contributed by atoms with van der Waals surface area (Å²) in [7, 11) is 0. The molecule has 2 aromatic rings. The highest BCUT2D eigenvalue weighted by atomic mass is 19.1. The second-order valence-electron chi connectivity index (χ2n) is 3.22. The molecular formula is C13H9FO2. The zero-order chi connectivity index (χ0) is 11.4. The first kappa shape index (κ1) is 10.4. The molecule has 0 radical (unpaired) electrons. The van der Waals surface area contributed by atoms with Gasteiger partial charge in [-0.25, -0.2) is 4.39 Å². The standard InChI is InChI=1S/C13H9FO2/c14-11-6-7-13(10(8-11)9-15)16-12-4-2-1-3-5-12/h1-9H. The maximum absolute atomic E-state index is 12.9. The minimum absolute atomic E-state index is 0.198. The predicted octanol–water partition coefficient (Wildman–Crippen LogP) is 3.43. The zero-order valence-electron chi connectivity index (χ0n) is 8.39. The third-order valence-electron chi connectivity index (χ3n) is 2.07. The van der Waals surface area contributed by atoms with Gasteiger partial charge in [-0.1, -0.05) is 18.2 Å². The molecule has 0 spiro atoms. The number of ether oxygens (including phenoxy) is 1. The summed E-state index contributed by atoms with van der Waals surface area (Å²) in [6, 6.07) is 12.9. The summed E-state index contributed by atoms with van der Waals surface area (Å²) in [5, 5.41) is 0. The van der Waals surface area contributed by atoms with Gasteiger partial charge in [0, 0.05) is 0 Å². The van der Waals surface area contributed by atoms with Gasteiger partial charge in [0.2, 0.25) is 0 Å². The van der Waals surface area contributed by atoms with E-state index in [-0.39, 0.29) is 5.56 Å². The SMILES string of the molecule is O=Cc1cc(F)ccc1Oc1ccccc1. The summed E-state index contributed by atoms with van der Waals surface area (Å²) in [5.74, 6) is 0.502. The molecule has 0 aliphatic carbocycles. The molecule has 2 aromatic carbocycles. The van der Waals surface area contributed by atoms with E-state index in [0.717, 1.165) is 6.07 Å².